The smallest absolute Gasteiger partial charge is 0.324 e. The molecule has 0 fully saturated rings. The van der Waals surface area contributed by atoms with Gasteiger partial charge < -0.3 is 11.1 Å². The van der Waals surface area contributed by atoms with Crippen LogP contribution in [0.1, 0.15) is 15.9 Å². The highest BCUT2D eigenvalue weighted by Crippen LogP contribution is 2.17. The molecule has 0 aliphatic carbocycles. The lowest BCUT2D eigenvalue weighted by molar-refractivity contribution is 0.100. The van der Waals surface area contributed by atoms with E-state index in [1.165, 1.54) is 12.3 Å². The third-order valence-corrected chi connectivity index (χ3v) is 2.52. The first kappa shape index (κ1) is 12.6. The maximum absolute atomic E-state index is 11.7. The lowest BCUT2D eigenvalue weighted by Crippen LogP contribution is -2.21. The fourth-order valence-electron chi connectivity index (χ4n) is 1.51. The fraction of sp³-hybridized carbons (Fsp3) is 0.0833. The Balaban J connectivity index is 2.11. The molecule has 1 aromatic heterocycles. The van der Waals surface area contributed by atoms with E-state index in [9.17, 15) is 9.59 Å². The van der Waals surface area contributed by atoms with Crippen molar-refractivity contribution in [2.45, 2.75) is 6.92 Å². The molecule has 0 atom stereocenters. The number of anilines is 2. The number of amides is 3. The molecule has 0 saturated heterocycles. The molecule has 3 amide bonds. The van der Waals surface area contributed by atoms with Gasteiger partial charge in [0.05, 0.1) is 6.20 Å². The van der Waals surface area contributed by atoms with Crippen LogP contribution in [-0.4, -0.2) is 22.1 Å². The first-order valence-corrected chi connectivity index (χ1v) is 5.54. The van der Waals surface area contributed by atoms with E-state index in [0.29, 0.717) is 17.1 Å². The van der Waals surface area contributed by atoms with E-state index in [4.69, 9.17) is 5.73 Å². The molecule has 5 N–H and O–H groups in total. The van der Waals surface area contributed by atoms with Crippen molar-refractivity contribution < 1.29 is 9.59 Å². The summed E-state index contributed by atoms with van der Waals surface area (Å²) in [6.45, 7) is 1.82. The Morgan fingerprint density at radius 1 is 1.26 bits per heavy atom. The van der Waals surface area contributed by atoms with Crippen LogP contribution < -0.4 is 16.4 Å². The highest BCUT2D eigenvalue weighted by molar-refractivity contribution is 6.01. The first-order valence-electron chi connectivity index (χ1n) is 5.54. The summed E-state index contributed by atoms with van der Waals surface area (Å²) in [5.74, 6) is -0.0711. The predicted molar refractivity (Wildman–Crippen MR) is 70.9 cm³/mol. The van der Waals surface area contributed by atoms with Crippen molar-refractivity contribution in [3.05, 3.63) is 41.6 Å². The molecule has 7 heteroatoms. The van der Waals surface area contributed by atoms with Crippen molar-refractivity contribution in [3.8, 4) is 0 Å². The number of aromatic nitrogens is 2. The molecule has 0 radical (unpaired) electrons. The Hall–Kier alpha value is -2.83. The quantitative estimate of drug-likeness (QED) is 0.669. The van der Waals surface area contributed by atoms with Crippen molar-refractivity contribution in [1.29, 1.82) is 0 Å². The van der Waals surface area contributed by atoms with Gasteiger partial charge in [0.25, 0.3) is 0 Å². The van der Waals surface area contributed by atoms with Crippen molar-refractivity contribution in [2.24, 2.45) is 5.73 Å². The summed E-state index contributed by atoms with van der Waals surface area (Å²) in [7, 11) is 0. The molecule has 0 spiro atoms. The number of H-pyrrole nitrogens is 1. The third kappa shape index (κ3) is 3.09. The molecule has 1 heterocycles. The molecule has 2 rings (SSSR count). The number of nitrogens with one attached hydrogen (secondary N) is 3. The van der Waals surface area contributed by atoms with Gasteiger partial charge in [-0.05, 0) is 24.6 Å². The number of carbonyl (C=O) groups is 2. The van der Waals surface area contributed by atoms with Gasteiger partial charge in [0.1, 0.15) is 5.82 Å². The zero-order valence-corrected chi connectivity index (χ0v) is 10.2. The summed E-state index contributed by atoms with van der Waals surface area (Å²) >= 11 is 0. The minimum atomic E-state index is -0.544. The van der Waals surface area contributed by atoms with E-state index in [-0.39, 0.29) is 0 Å². The topological polar surface area (TPSA) is 113 Å². The molecule has 0 bridgehead atoms. The average Bonchev–Trinajstić information content (AvgIpc) is 2.84. The van der Waals surface area contributed by atoms with E-state index in [1.54, 1.807) is 18.2 Å². The van der Waals surface area contributed by atoms with Crippen LogP contribution in [-0.2, 0) is 0 Å². The molecule has 19 heavy (non-hydrogen) atoms. The molecule has 1 aromatic carbocycles. The van der Waals surface area contributed by atoms with Gasteiger partial charge in [-0.25, -0.2) is 4.79 Å². The van der Waals surface area contributed by atoms with Crippen molar-refractivity contribution in [3.63, 3.8) is 0 Å². The number of aryl methyl sites for hydroxylation is 1. The van der Waals surface area contributed by atoms with Crippen LogP contribution in [0, 0.1) is 6.92 Å². The standard InChI is InChI=1S/C12H13N5O2/c1-7-2-3-8(11(13)18)6-9(7)15-12(19)16-10-4-5-14-17-10/h2-6H,1H3,(H2,13,18)(H3,14,15,16,17,19). The van der Waals surface area contributed by atoms with Crippen LogP contribution in [0.25, 0.3) is 0 Å². The number of carbonyl (C=O) groups excluding carboxylic acids is 2. The van der Waals surface area contributed by atoms with Crippen LogP contribution in [0.4, 0.5) is 16.3 Å². The van der Waals surface area contributed by atoms with Gasteiger partial charge in [-0.15, -0.1) is 0 Å². The number of benzene rings is 1. The van der Waals surface area contributed by atoms with E-state index < -0.39 is 11.9 Å². The monoisotopic (exact) mass is 259 g/mol. The number of hydrogen-bond acceptors (Lipinski definition) is 3. The Labute approximate surface area is 109 Å². The number of hydrogen-bond donors (Lipinski definition) is 4. The molecular weight excluding hydrogens is 246 g/mol. The lowest BCUT2D eigenvalue weighted by Gasteiger charge is -2.09. The molecule has 7 nitrogen and oxygen atoms in total. The van der Waals surface area contributed by atoms with Crippen LogP contribution in [0.2, 0.25) is 0 Å². The Kier molecular flexibility index (Phi) is 3.46. The van der Waals surface area contributed by atoms with E-state index in [2.05, 4.69) is 20.8 Å². The zero-order chi connectivity index (χ0) is 13.8. The molecule has 0 unspecified atom stereocenters. The predicted octanol–water partition coefficient (Wildman–Crippen LogP) is 1.46. The van der Waals surface area contributed by atoms with Crippen LogP contribution in [0.5, 0.6) is 0 Å². The lowest BCUT2D eigenvalue weighted by atomic mass is 10.1. The highest BCUT2D eigenvalue weighted by atomic mass is 16.2. The van der Waals surface area contributed by atoms with Crippen LogP contribution >= 0.6 is 0 Å². The summed E-state index contributed by atoms with van der Waals surface area (Å²) in [5, 5.41) is 11.5. The second-order valence-corrected chi connectivity index (χ2v) is 3.94. The summed E-state index contributed by atoms with van der Waals surface area (Å²) in [6.07, 6.45) is 1.52. The Bertz CT molecular complexity index is 607. The van der Waals surface area contributed by atoms with Gasteiger partial charge in [0.2, 0.25) is 5.91 Å². The molecule has 0 saturated carbocycles. The van der Waals surface area contributed by atoms with E-state index in [0.717, 1.165) is 5.56 Å². The largest absolute Gasteiger partial charge is 0.366 e. The Morgan fingerprint density at radius 3 is 2.68 bits per heavy atom. The van der Waals surface area contributed by atoms with Crippen LogP contribution in [0.15, 0.2) is 30.5 Å². The van der Waals surface area contributed by atoms with Gasteiger partial charge in [0, 0.05) is 17.3 Å². The van der Waals surface area contributed by atoms with E-state index >= 15 is 0 Å². The van der Waals surface area contributed by atoms with Gasteiger partial charge in [-0.3, -0.25) is 15.2 Å². The highest BCUT2D eigenvalue weighted by Gasteiger charge is 2.08. The molecule has 98 valence electrons. The Morgan fingerprint density at radius 2 is 2.05 bits per heavy atom. The van der Waals surface area contributed by atoms with Gasteiger partial charge in [-0.1, -0.05) is 6.07 Å². The van der Waals surface area contributed by atoms with Gasteiger partial charge in [-0.2, -0.15) is 5.10 Å². The van der Waals surface area contributed by atoms with Crippen molar-refractivity contribution in [1.82, 2.24) is 10.2 Å². The molecule has 2 aromatic rings. The summed E-state index contributed by atoms with van der Waals surface area (Å²) in [5.41, 5.74) is 6.87. The van der Waals surface area contributed by atoms with Gasteiger partial charge in [0.15, 0.2) is 0 Å². The second kappa shape index (κ2) is 5.21. The summed E-state index contributed by atoms with van der Waals surface area (Å²) in [4.78, 5) is 22.8. The van der Waals surface area contributed by atoms with E-state index in [1.807, 2.05) is 6.92 Å². The number of nitrogens with zero attached hydrogens (tertiary/aromatic N) is 1. The SMILES string of the molecule is Cc1ccc(C(N)=O)cc1NC(=O)Nc1ccn[nH]1. The van der Waals surface area contributed by atoms with Gasteiger partial charge >= 0.3 is 6.03 Å². The maximum atomic E-state index is 11.7. The average molecular weight is 259 g/mol. The maximum Gasteiger partial charge on any atom is 0.324 e. The number of rotatable bonds is 3. The zero-order valence-electron chi connectivity index (χ0n) is 10.2. The molecular formula is C12H13N5O2. The third-order valence-electron chi connectivity index (χ3n) is 2.52. The van der Waals surface area contributed by atoms with Crippen molar-refractivity contribution >= 4 is 23.4 Å². The number of primary amides is 1. The molecule has 0 aliphatic rings. The normalized spacial score (nSPS) is 9.95. The summed E-state index contributed by atoms with van der Waals surface area (Å²) < 4.78 is 0. The minimum absolute atomic E-state index is 0.336. The van der Waals surface area contributed by atoms with Crippen molar-refractivity contribution in [2.75, 3.05) is 10.6 Å². The number of urea groups is 1. The second-order valence-electron chi connectivity index (χ2n) is 3.94. The number of aromatic amines is 1. The summed E-state index contributed by atoms with van der Waals surface area (Å²) in [6, 6.07) is 6.03. The number of nitrogens with two attached hydrogens (primary N) is 1. The molecule has 0 aliphatic heterocycles. The minimum Gasteiger partial charge on any atom is -0.366 e. The first-order chi connectivity index (χ1) is 9.06. The van der Waals surface area contributed by atoms with Crippen LogP contribution in [0.3, 0.4) is 0 Å². The fourth-order valence-corrected chi connectivity index (χ4v) is 1.51.